The number of aliphatic hydroxyl groups is 16. The predicted molar refractivity (Wildman–Crippen MR) is 313 cm³/mol. The zero-order chi connectivity index (χ0) is 67.7. The van der Waals surface area contributed by atoms with Crippen LogP contribution in [-0.2, 0) is 61.6 Å². The molecule has 0 amide bonds. The molecular weight excluding hydrogens is 1230 g/mol. The summed E-state index contributed by atoms with van der Waals surface area (Å²) in [5, 5.41) is 174. The molecule has 0 aromatic heterocycles. The smallest absolute Gasteiger partial charge is 0.315 e. The zero-order valence-electron chi connectivity index (χ0n) is 54.4. The van der Waals surface area contributed by atoms with Crippen molar-refractivity contribution in [3.05, 3.63) is 11.6 Å². The Morgan fingerprint density at radius 2 is 1.08 bits per heavy atom. The Morgan fingerprint density at radius 1 is 0.505 bits per heavy atom. The van der Waals surface area contributed by atoms with E-state index in [4.69, 9.17) is 56.8 Å². The maximum Gasteiger partial charge on any atom is 0.315 e. The molecule has 11 rings (SSSR count). The molecule has 29 nitrogen and oxygen atoms in total. The summed E-state index contributed by atoms with van der Waals surface area (Å²) in [6, 6.07) is 0. The van der Waals surface area contributed by atoms with E-state index < -0.39 is 215 Å². The largest absolute Gasteiger partial charge is 0.432 e. The monoisotopic (exact) mass is 1340 g/mol. The van der Waals surface area contributed by atoms with Crippen LogP contribution in [0.1, 0.15) is 127 Å². The fraction of sp³-hybridized carbons (Fsp3) is 0.953. The third-order valence-corrected chi connectivity index (χ3v) is 24.8. The van der Waals surface area contributed by atoms with Gasteiger partial charge in [0.2, 0.25) is 6.29 Å². The van der Waals surface area contributed by atoms with E-state index in [0.717, 1.165) is 25.7 Å². The molecule has 5 aliphatic carbocycles. The lowest BCUT2D eigenvalue weighted by Gasteiger charge is -2.71. The number of hydrogen-bond donors (Lipinski definition) is 16. The van der Waals surface area contributed by atoms with Gasteiger partial charge in [0.1, 0.15) is 122 Å². The van der Waals surface area contributed by atoms with Crippen molar-refractivity contribution in [2.45, 2.75) is 305 Å². The molecule has 0 spiro atoms. The van der Waals surface area contributed by atoms with Crippen LogP contribution < -0.4 is 0 Å². The number of hydrogen-bond acceptors (Lipinski definition) is 29. The lowest BCUT2D eigenvalue weighted by Crippen LogP contribution is -2.66. The van der Waals surface area contributed by atoms with E-state index in [0.29, 0.717) is 38.5 Å². The van der Waals surface area contributed by atoms with Crippen LogP contribution >= 0.6 is 0 Å². The average Bonchev–Trinajstić information content (AvgIpc) is 0.676. The normalized spacial score (nSPS) is 54.7. The van der Waals surface area contributed by atoms with E-state index in [1.807, 2.05) is 0 Å². The van der Waals surface area contributed by atoms with Gasteiger partial charge in [-0.1, -0.05) is 60.1 Å². The van der Waals surface area contributed by atoms with E-state index in [-0.39, 0.29) is 46.0 Å². The van der Waals surface area contributed by atoms with Crippen molar-refractivity contribution in [3.8, 4) is 0 Å². The molecule has 16 N–H and O–H groups in total. The summed E-state index contributed by atoms with van der Waals surface area (Å²) in [5.41, 5.74) is -1.40. The number of allylic oxidation sites excluding steroid dienone is 2. The molecule has 0 bridgehead atoms. The van der Waals surface area contributed by atoms with Crippen LogP contribution in [0.2, 0.25) is 0 Å². The first-order chi connectivity index (χ1) is 43.5. The molecule has 534 valence electrons. The van der Waals surface area contributed by atoms with Crippen LogP contribution in [0.15, 0.2) is 11.6 Å². The van der Waals surface area contributed by atoms with Gasteiger partial charge in [-0.2, -0.15) is 0 Å². The highest BCUT2D eigenvalue weighted by molar-refractivity contribution is 5.79. The Bertz CT molecular complexity index is 2620. The van der Waals surface area contributed by atoms with Gasteiger partial charge in [0.25, 0.3) is 0 Å². The fourth-order valence-corrected chi connectivity index (χ4v) is 18.7. The van der Waals surface area contributed by atoms with Crippen molar-refractivity contribution in [2.75, 3.05) is 26.4 Å². The SMILES string of the molecule is C[C@@H]1O[C@@H](O[C@H]2[C@H](O)[C@@H](O)[C@H](OC[C@H]3O[C@@H](OC(=O)[C@]45CCC(C)(C)C[C@H]4C4=CCC6[C@@]7(C)CC[C@H](O[C@@H]8OC[C@@H](O)[C@H](O)[C@H]8O[C@@H]8O[C@@H](C)[C@H](O)[C@@H](O[C@@H]9OC[C@@H](O)[C@H](O)[C@H]9O)[C@H]8O)C(C)(C)C7CC[C@@]6(C)[C@]4(C)CC5)[C@H](O)[C@@H](O)[C@@H]3O)O[C@@H]2CO)[C@H](O)[C@H](O)[C@H]1O. The summed E-state index contributed by atoms with van der Waals surface area (Å²) in [7, 11) is 0. The highest BCUT2D eigenvalue weighted by Crippen LogP contribution is 2.76. The van der Waals surface area contributed by atoms with Crippen LogP contribution in [0.25, 0.3) is 0 Å². The Kier molecular flexibility index (Phi) is 20.9. The molecule has 2 unspecified atom stereocenters. The molecule has 4 saturated carbocycles. The van der Waals surface area contributed by atoms with Gasteiger partial charge in [-0.05, 0) is 123 Å². The number of carbonyl (C=O) groups excluding carboxylic acids is 1. The average molecular weight is 1340 g/mol. The molecule has 6 heterocycles. The number of fused-ring (bicyclic) bond motifs is 7. The zero-order valence-corrected chi connectivity index (χ0v) is 54.4. The van der Waals surface area contributed by atoms with Crippen molar-refractivity contribution in [2.24, 2.45) is 50.2 Å². The van der Waals surface area contributed by atoms with E-state index >= 15 is 4.79 Å². The van der Waals surface area contributed by atoms with Crippen molar-refractivity contribution < 1.29 is 143 Å². The number of esters is 1. The molecule has 0 aromatic rings. The van der Waals surface area contributed by atoms with Crippen molar-refractivity contribution in [1.29, 1.82) is 0 Å². The lowest BCUT2D eigenvalue weighted by molar-refractivity contribution is -0.378. The van der Waals surface area contributed by atoms with Gasteiger partial charge in [-0.15, -0.1) is 0 Å². The van der Waals surface area contributed by atoms with E-state index in [9.17, 15) is 81.7 Å². The molecule has 93 heavy (non-hydrogen) atoms. The second kappa shape index (κ2) is 26.9. The van der Waals surface area contributed by atoms with Crippen molar-refractivity contribution in [3.63, 3.8) is 0 Å². The Morgan fingerprint density at radius 3 is 1.76 bits per heavy atom. The number of ether oxygens (including phenoxy) is 12. The first-order valence-corrected chi connectivity index (χ1v) is 33.4. The minimum atomic E-state index is -1.90. The standard InChI is InChI=1S/C64H104O29/c1-25-36(68)41(73)45(77)54(85-25)90-49-31(21-65)87-52(47(79)43(49)75)84-24-32-40(72)42(74)46(78)55(88-32)93-58(81)64-18-16-59(3,4)20-28(64)27-10-11-34-61(7)14-13-35(60(5,6)33(61)12-15-63(34,9)62(27,8)17-19-64)89-57-51(39(71)30(67)23-83-57)92-56-48(80)50(37(69)26(2)86-56)91-53-44(76)38(70)29(66)22-82-53/h10,25-26,28-57,65-80H,11-24H2,1-9H3/t25-,26-,28-,29+,30+,31+,32+,33?,34?,35-,36-,37-,38-,39-,40+,41+,42-,43+,44+,45+,46+,47+,48+,49+,50+,51+,52+,53-,54-,55-,56-,57-,61-,62+,63+,64-/m0/s1. The number of aliphatic hydroxyl groups excluding tert-OH is 16. The second-order valence-electron chi connectivity index (χ2n) is 31.0. The van der Waals surface area contributed by atoms with E-state index in [1.165, 1.54) is 19.4 Å². The van der Waals surface area contributed by atoms with Crippen molar-refractivity contribution in [1.82, 2.24) is 0 Å². The Labute approximate surface area is 540 Å². The minimum absolute atomic E-state index is 0.113. The van der Waals surface area contributed by atoms with E-state index in [1.54, 1.807) is 0 Å². The second-order valence-corrected chi connectivity index (χ2v) is 31.0. The molecule has 10 fully saturated rings. The number of rotatable bonds is 14. The Hall–Kier alpha value is -1.87. The van der Waals surface area contributed by atoms with Gasteiger partial charge in [-0.3, -0.25) is 4.79 Å². The Balaban J connectivity index is 0.762. The predicted octanol–water partition coefficient (Wildman–Crippen LogP) is -3.05. The maximum atomic E-state index is 15.3. The van der Waals surface area contributed by atoms with Crippen LogP contribution in [0, 0.1) is 50.2 Å². The van der Waals surface area contributed by atoms with Crippen LogP contribution in [-0.4, -0.2) is 292 Å². The quantitative estimate of drug-likeness (QED) is 0.0467. The van der Waals surface area contributed by atoms with Crippen molar-refractivity contribution >= 4 is 5.97 Å². The minimum Gasteiger partial charge on any atom is -0.432 e. The topological polar surface area (TPSA) is 452 Å². The summed E-state index contributed by atoms with van der Waals surface area (Å²) in [5.74, 6) is -0.598. The molecule has 6 saturated heterocycles. The van der Waals surface area contributed by atoms with Crippen LogP contribution in [0.5, 0.6) is 0 Å². The maximum absolute atomic E-state index is 15.3. The fourth-order valence-electron chi connectivity index (χ4n) is 18.7. The molecule has 0 aromatic carbocycles. The third kappa shape index (κ3) is 12.6. The first-order valence-electron chi connectivity index (χ1n) is 33.4. The molecule has 11 aliphatic rings. The number of carbonyl (C=O) groups is 1. The van der Waals surface area contributed by atoms with Gasteiger partial charge in [0, 0.05) is 0 Å². The van der Waals surface area contributed by atoms with Crippen LogP contribution in [0.4, 0.5) is 0 Å². The summed E-state index contributed by atoms with van der Waals surface area (Å²) >= 11 is 0. The lowest BCUT2D eigenvalue weighted by atomic mass is 9.33. The molecule has 6 aliphatic heterocycles. The molecule has 0 radical (unpaired) electrons. The third-order valence-electron chi connectivity index (χ3n) is 24.8. The van der Waals surface area contributed by atoms with Gasteiger partial charge in [0.15, 0.2) is 31.5 Å². The van der Waals surface area contributed by atoms with Crippen LogP contribution in [0.3, 0.4) is 0 Å². The van der Waals surface area contributed by atoms with Gasteiger partial charge < -0.3 is 139 Å². The summed E-state index contributed by atoms with van der Waals surface area (Å²) in [4.78, 5) is 15.3. The highest BCUT2D eigenvalue weighted by atomic mass is 16.8. The molecule has 36 atom stereocenters. The van der Waals surface area contributed by atoms with E-state index in [2.05, 4.69) is 54.5 Å². The van der Waals surface area contributed by atoms with Gasteiger partial charge >= 0.3 is 5.97 Å². The first kappa shape index (κ1) is 72.4. The summed E-state index contributed by atoms with van der Waals surface area (Å²) in [6.07, 6.45) is -35.6. The van der Waals surface area contributed by atoms with Gasteiger partial charge in [-0.25, -0.2) is 0 Å². The summed E-state index contributed by atoms with van der Waals surface area (Å²) in [6.45, 7) is 16.7. The van der Waals surface area contributed by atoms with Gasteiger partial charge in [0.05, 0.1) is 50.2 Å². The highest BCUT2D eigenvalue weighted by Gasteiger charge is 2.70. The molecular formula is C64H104O29. The molecule has 29 heteroatoms. The summed E-state index contributed by atoms with van der Waals surface area (Å²) < 4.78 is 71.5.